The van der Waals surface area contributed by atoms with Gasteiger partial charge >= 0.3 is 0 Å². The number of fused-ring (bicyclic) bond motifs is 1. The molecule has 1 aliphatic carbocycles. The molecule has 0 saturated heterocycles. The lowest BCUT2D eigenvalue weighted by Crippen LogP contribution is -2.52. The van der Waals surface area contributed by atoms with E-state index in [-0.39, 0.29) is 24.5 Å². The maximum absolute atomic E-state index is 14.3. The summed E-state index contributed by atoms with van der Waals surface area (Å²) in [6, 6.07) is 12.3. The van der Waals surface area contributed by atoms with Gasteiger partial charge in [-0.3, -0.25) is 19.2 Å². The van der Waals surface area contributed by atoms with Gasteiger partial charge < -0.3 is 14.8 Å². The summed E-state index contributed by atoms with van der Waals surface area (Å²) in [7, 11) is 1.82. The molecule has 0 radical (unpaired) electrons. The minimum atomic E-state index is -0.916. The molecule has 1 fully saturated rings. The third kappa shape index (κ3) is 5.26. The summed E-state index contributed by atoms with van der Waals surface area (Å²) in [5.74, 6) is 0.563. The van der Waals surface area contributed by atoms with Crippen LogP contribution in [0.25, 0.3) is 0 Å². The smallest absolute Gasteiger partial charge is 0.272 e. The molecule has 5 rings (SSSR count). The van der Waals surface area contributed by atoms with Gasteiger partial charge in [0, 0.05) is 30.5 Å². The van der Waals surface area contributed by atoms with Gasteiger partial charge in [-0.1, -0.05) is 37.5 Å². The lowest BCUT2D eigenvalue weighted by molar-refractivity contribution is -0.132. The summed E-state index contributed by atoms with van der Waals surface area (Å²) in [5, 5.41) is 7.77. The number of carbonyl (C=O) groups is 2. The number of hydrogen-bond donors (Lipinski definition) is 1. The molecule has 2 aliphatic rings. The molecule has 0 spiro atoms. The number of nitrogens with zero attached hydrogens (tertiary/aromatic N) is 3. The van der Waals surface area contributed by atoms with Crippen LogP contribution in [0.1, 0.15) is 60.5 Å². The molecular weight excluding hydrogens is 480 g/mol. The fourth-order valence-electron chi connectivity index (χ4n) is 5.39. The second kappa shape index (κ2) is 10.9. The molecule has 8 nitrogen and oxygen atoms in total. The first-order valence-corrected chi connectivity index (χ1v) is 13.4. The maximum Gasteiger partial charge on any atom is 0.272 e. The van der Waals surface area contributed by atoms with Gasteiger partial charge in [-0.05, 0) is 69.0 Å². The molecule has 1 N–H and O–H groups in total. The molecule has 2 amide bonds. The average Bonchev–Trinajstić information content (AvgIpc) is 3.25. The van der Waals surface area contributed by atoms with Crippen LogP contribution >= 0.6 is 0 Å². The van der Waals surface area contributed by atoms with Crippen molar-refractivity contribution in [1.82, 2.24) is 15.1 Å². The highest BCUT2D eigenvalue weighted by Crippen LogP contribution is 2.35. The molecule has 3 aromatic rings. The molecule has 1 aromatic heterocycles. The first-order valence-electron chi connectivity index (χ1n) is 13.4. The minimum absolute atomic E-state index is 0.0557. The number of carbonyl (C=O) groups excluding carboxylic acids is 2. The second-order valence-electron chi connectivity index (χ2n) is 10.4. The number of ether oxygens (including phenoxy) is 2. The predicted molar refractivity (Wildman–Crippen MR) is 145 cm³/mol. The predicted octanol–water partition coefficient (Wildman–Crippen LogP) is 4.71. The van der Waals surface area contributed by atoms with E-state index in [0.717, 1.165) is 36.8 Å². The first-order chi connectivity index (χ1) is 18.3. The number of benzene rings is 2. The van der Waals surface area contributed by atoms with Crippen LogP contribution in [0.3, 0.4) is 0 Å². The Kier molecular flexibility index (Phi) is 7.40. The lowest BCUT2D eigenvalue weighted by Gasteiger charge is -2.36. The summed E-state index contributed by atoms with van der Waals surface area (Å²) in [4.78, 5) is 30.0. The maximum atomic E-state index is 14.3. The summed E-state index contributed by atoms with van der Waals surface area (Å²) in [6.07, 6.45) is 6.17. The van der Waals surface area contributed by atoms with Gasteiger partial charge in [0.25, 0.3) is 5.91 Å². The Morgan fingerprint density at radius 2 is 1.76 bits per heavy atom. The van der Waals surface area contributed by atoms with E-state index in [1.807, 2.05) is 70.4 Å². The number of para-hydroxylation sites is 2. The number of rotatable bonds is 6. The fraction of sp³-hybridized carbons (Fsp3) is 0.433. The van der Waals surface area contributed by atoms with E-state index in [1.165, 1.54) is 6.42 Å². The van der Waals surface area contributed by atoms with E-state index in [1.54, 1.807) is 15.6 Å². The SMILES string of the molecule is Cc1ccc(N(C(=O)[C@H]2COc3ccccc3O2)[C@H](C(=O)NC2CCCCC2)c2cn(C)nc2C)cc1C. The first kappa shape index (κ1) is 25.8. The Morgan fingerprint density at radius 3 is 2.45 bits per heavy atom. The number of aromatic nitrogens is 2. The quantitative estimate of drug-likeness (QED) is 0.513. The molecule has 38 heavy (non-hydrogen) atoms. The number of anilines is 1. The molecule has 1 saturated carbocycles. The molecule has 1 aliphatic heterocycles. The molecule has 2 aromatic carbocycles. The Hall–Kier alpha value is -3.81. The van der Waals surface area contributed by atoms with Gasteiger partial charge in [-0.2, -0.15) is 5.10 Å². The molecule has 200 valence electrons. The third-order valence-electron chi connectivity index (χ3n) is 7.59. The molecule has 2 atom stereocenters. The van der Waals surface area contributed by atoms with Crippen molar-refractivity contribution in [1.29, 1.82) is 0 Å². The molecule has 0 bridgehead atoms. The monoisotopic (exact) mass is 516 g/mol. The van der Waals surface area contributed by atoms with Gasteiger partial charge in [0.1, 0.15) is 12.6 Å². The zero-order valence-electron chi connectivity index (χ0n) is 22.6. The summed E-state index contributed by atoms with van der Waals surface area (Å²) in [5.41, 5.74) is 4.15. The second-order valence-corrected chi connectivity index (χ2v) is 10.4. The number of hydrogen-bond acceptors (Lipinski definition) is 5. The molecule has 0 unspecified atom stereocenters. The summed E-state index contributed by atoms with van der Waals surface area (Å²) < 4.78 is 13.7. The Morgan fingerprint density at radius 1 is 1.03 bits per heavy atom. The van der Waals surface area contributed by atoms with Gasteiger partial charge in [0.2, 0.25) is 12.0 Å². The van der Waals surface area contributed by atoms with Crippen molar-refractivity contribution < 1.29 is 19.1 Å². The molecular formula is C30H36N4O4. The van der Waals surface area contributed by atoms with Crippen molar-refractivity contribution in [3.05, 3.63) is 71.0 Å². The molecule has 2 heterocycles. The van der Waals surface area contributed by atoms with Gasteiger partial charge in [0.15, 0.2) is 11.5 Å². The van der Waals surface area contributed by atoms with Crippen LogP contribution in [0.5, 0.6) is 11.5 Å². The van der Waals surface area contributed by atoms with Crippen molar-refractivity contribution >= 4 is 17.5 Å². The van der Waals surface area contributed by atoms with E-state index in [2.05, 4.69) is 10.4 Å². The van der Waals surface area contributed by atoms with Crippen LogP contribution in [-0.4, -0.2) is 40.3 Å². The van der Waals surface area contributed by atoms with Gasteiger partial charge in [0.05, 0.1) is 5.69 Å². The number of nitrogens with one attached hydrogen (secondary N) is 1. The minimum Gasteiger partial charge on any atom is -0.485 e. The van der Waals surface area contributed by atoms with Crippen molar-refractivity contribution in [2.75, 3.05) is 11.5 Å². The Bertz CT molecular complexity index is 1330. The summed E-state index contributed by atoms with van der Waals surface area (Å²) in [6.45, 7) is 5.96. The van der Waals surface area contributed by atoms with E-state index >= 15 is 0 Å². The van der Waals surface area contributed by atoms with Crippen LogP contribution in [-0.2, 0) is 16.6 Å². The zero-order valence-corrected chi connectivity index (χ0v) is 22.6. The van der Waals surface area contributed by atoms with Crippen LogP contribution in [0.2, 0.25) is 0 Å². The van der Waals surface area contributed by atoms with Crippen LogP contribution in [0.4, 0.5) is 5.69 Å². The van der Waals surface area contributed by atoms with E-state index in [4.69, 9.17) is 9.47 Å². The van der Waals surface area contributed by atoms with Crippen molar-refractivity contribution in [2.45, 2.75) is 71.1 Å². The van der Waals surface area contributed by atoms with Gasteiger partial charge in [-0.25, -0.2) is 0 Å². The summed E-state index contributed by atoms with van der Waals surface area (Å²) >= 11 is 0. The highest BCUT2D eigenvalue weighted by Gasteiger charge is 2.41. The lowest BCUT2D eigenvalue weighted by atomic mass is 9.94. The van der Waals surface area contributed by atoms with Gasteiger partial charge in [-0.15, -0.1) is 0 Å². The van der Waals surface area contributed by atoms with Crippen molar-refractivity contribution in [3.63, 3.8) is 0 Å². The number of amides is 2. The highest BCUT2D eigenvalue weighted by molar-refractivity contribution is 6.04. The Labute approximate surface area is 223 Å². The topological polar surface area (TPSA) is 85.7 Å². The zero-order chi connectivity index (χ0) is 26.8. The largest absolute Gasteiger partial charge is 0.485 e. The average molecular weight is 517 g/mol. The fourth-order valence-corrected chi connectivity index (χ4v) is 5.39. The van der Waals surface area contributed by atoms with E-state index < -0.39 is 12.1 Å². The van der Waals surface area contributed by atoms with E-state index in [9.17, 15) is 9.59 Å². The number of aryl methyl sites for hydroxylation is 4. The highest BCUT2D eigenvalue weighted by atomic mass is 16.6. The third-order valence-corrected chi connectivity index (χ3v) is 7.59. The molecule has 8 heteroatoms. The van der Waals surface area contributed by atoms with Crippen LogP contribution in [0.15, 0.2) is 48.7 Å². The van der Waals surface area contributed by atoms with Crippen LogP contribution < -0.4 is 19.7 Å². The van der Waals surface area contributed by atoms with Crippen molar-refractivity contribution in [3.8, 4) is 11.5 Å². The normalized spacial score (nSPS) is 18.1. The Balaban J connectivity index is 1.58. The van der Waals surface area contributed by atoms with E-state index in [0.29, 0.717) is 28.4 Å². The van der Waals surface area contributed by atoms with Crippen LogP contribution in [0, 0.1) is 20.8 Å². The standard InChI is InChI=1S/C30H36N4O4/c1-19-14-15-23(16-20(19)2)34(30(36)27-18-37-25-12-8-9-13-26(25)38-27)28(24-17-33(4)32-21(24)3)29(35)31-22-10-6-5-7-11-22/h8-9,12-17,22,27-28H,5-7,10-11,18H2,1-4H3,(H,31,35)/t27-,28+/m1/s1. The van der Waals surface area contributed by atoms with Crippen molar-refractivity contribution in [2.24, 2.45) is 7.05 Å².